The number of nitrogens with one attached hydrogen (secondary N) is 1. The van der Waals surface area contributed by atoms with Crippen LogP contribution in [0.15, 0.2) is 64.8 Å². The number of benzene rings is 1. The Hall–Kier alpha value is -3.13. The highest BCUT2D eigenvalue weighted by atomic mass is 16.5. The van der Waals surface area contributed by atoms with E-state index in [0.717, 1.165) is 57.5 Å². The predicted molar refractivity (Wildman–Crippen MR) is 111 cm³/mol. The molecule has 0 amide bonds. The first-order valence-electron chi connectivity index (χ1n) is 9.91. The van der Waals surface area contributed by atoms with Gasteiger partial charge >= 0.3 is 0 Å². The zero-order valence-electron chi connectivity index (χ0n) is 16.7. The van der Waals surface area contributed by atoms with Gasteiger partial charge in [-0.3, -0.25) is 9.89 Å². The van der Waals surface area contributed by atoms with Crippen LogP contribution in [0.1, 0.15) is 16.8 Å². The van der Waals surface area contributed by atoms with Crippen molar-refractivity contribution in [2.45, 2.75) is 19.6 Å². The van der Waals surface area contributed by atoms with Crippen LogP contribution in [-0.2, 0) is 19.6 Å². The molecule has 0 aliphatic carbocycles. The molecule has 3 heterocycles. The van der Waals surface area contributed by atoms with Crippen LogP contribution in [-0.4, -0.2) is 63.7 Å². The average Bonchev–Trinajstić information content (AvgIpc) is 3.44. The first-order valence-corrected chi connectivity index (χ1v) is 9.91. The largest absolute Gasteiger partial charge is 0.364 e. The van der Waals surface area contributed by atoms with E-state index in [1.165, 1.54) is 11.1 Å². The van der Waals surface area contributed by atoms with Gasteiger partial charge < -0.3 is 19.3 Å². The zero-order valence-corrected chi connectivity index (χ0v) is 16.7. The van der Waals surface area contributed by atoms with Crippen LogP contribution in [0.25, 0.3) is 0 Å². The van der Waals surface area contributed by atoms with Crippen LogP contribution < -0.4 is 5.32 Å². The highest BCUT2D eigenvalue weighted by molar-refractivity contribution is 5.80. The maximum Gasteiger partial charge on any atom is 0.194 e. The van der Waals surface area contributed by atoms with Gasteiger partial charge in [-0.25, -0.2) is 4.98 Å². The number of hydrogen-bond donors (Lipinski definition) is 1. The number of aromatic nitrogens is 3. The summed E-state index contributed by atoms with van der Waals surface area (Å²) in [5.41, 5.74) is 3.49. The summed E-state index contributed by atoms with van der Waals surface area (Å²) in [5.74, 6) is 0.950. The molecule has 4 rings (SSSR count). The summed E-state index contributed by atoms with van der Waals surface area (Å²) in [7, 11) is 1.85. The molecule has 29 heavy (non-hydrogen) atoms. The average molecular weight is 393 g/mol. The third-order valence-electron chi connectivity index (χ3n) is 5.13. The monoisotopic (exact) mass is 393 g/mol. The third kappa shape index (κ3) is 5.23. The van der Waals surface area contributed by atoms with E-state index in [4.69, 9.17) is 4.52 Å². The molecule has 1 fully saturated rings. The van der Waals surface area contributed by atoms with Crippen molar-refractivity contribution in [2.75, 3.05) is 33.2 Å². The Kier molecular flexibility index (Phi) is 6.21. The van der Waals surface area contributed by atoms with Crippen molar-refractivity contribution in [3.05, 3.63) is 72.1 Å². The molecule has 1 aromatic carbocycles. The number of rotatable bonds is 6. The Bertz CT molecular complexity index is 897. The molecule has 8 heteroatoms. The molecule has 0 unspecified atom stereocenters. The van der Waals surface area contributed by atoms with Crippen LogP contribution in [0.4, 0.5) is 0 Å². The molecule has 1 aliphatic rings. The molecule has 0 bridgehead atoms. The lowest BCUT2D eigenvalue weighted by Crippen LogP contribution is -2.52. The van der Waals surface area contributed by atoms with Crippen molar-refractivity contribution < 1.29 is 4.52 Å². The van der Waals surface area contributed by atoms with E-state index in [0.29, 0.717) is 0 Å². The van der Waals surface area contributed by atoms with Gasteiger partial charge in [-0.05, 0) is 11.1 Å². The second-order valence-electron chi connectivity index (χ2n) is 7.21. The Morgan fingerprint density at radius 1 is 1.14 bits per heavy atom. The fourth-order valence-corrected chi connectivity index (χ4v) is 3.61. The molecule has 0 radical (unpaired) electrons. The number of piperazine rings is 1. The van der Waals surface area contributed by atoms with E-state index in [2.05, 4.69) is 59.1 Å². The van der Waals surface area contributed by atoms with E-state index in [9.17, 15) is 0 Å². The molecule has 0 atom stereocenters. The molecular formula is C21H27N7O. The summed E-state index contributed by atoms with van der Waals surface area (Å²) in [4.78, 5) is 13.3. The summed E-state index contributed by atoms with van der Waals surface area (Å²) in [6, 6.07) is 10.6. The lowest BCUT2D eigenvalue weighted by Gasteiger charge is -2.36. The maximum absolute atomic E-state index is 4.92. The Labute approximate surface area is 170 Å². The van der Waals surface area contributed by atoms with Crippen molar-refractivity contribution >= 4 is 5.96 Å². The van der Waals surface area contributed by atoms with Gasteiger partial charge in [0.2, 0.25) is 0 Å². The van der Waals surface area contributed by atoms with E-state index < -0.39 is 0 Å². The van der Waals surface area contributed by atoms with Gasteiger partial charge in [0.15, 0.2) is 5.96 Å². The first kappa shape index (κ1) is 19.2. The van der Waals surface area contributed by atoms with Crippen LogP contribution in [0.2, 0.25) is 0 Å². The molecule has 0 saturated carbocycles. The number of nitrogens with zero attached hydrogens (tertiary/aromatic N) is 6. The van der Waals surface area contributed by atoms with Gasteiger partial charge in [-0.15, -0.1) is 0 Å². The summed E-state index contributed by atoms with van der Waals surface area (Å²) < 4.78 is 7.00. The van der Waals surface area contributed by atoms with Crippen molar-refractivity contribution in [3.8, 4) is 0 Å². The number of guanidine groups is 1. The molecule has 0 spiro atoms. The fourth-order valence-electron chi connectivity index (χ4n) is 3.61. The quantitative estimate of drug-likeness (QED) is 0.509. The molecule has 1 aliphatic heterocycles. The van der Waals surface area contributed by atoms with Gasteiger partial charge in [0.1, 0.15) is 6.26 Å². The lowest BCUT2D eigenvalue weighted by molar-refractivity contribution is 0.169. The van der Waals surface area contributed by atoms with Gasteiger partial charge in [0, 0.05) is 71.3 Å². The summed E-state index contributed by atoms with van der Waals surface area (Å²) in [5, 5.41) is 7.52. The smallest absolute Gasteiger partial charge is 0.194 e. The van der Waals surface area contributed by atoms with Gasteiger partial charge in [0.05, 0.1) is 12.0 Å². The van der Waals surface area contributed by atoms with E-state index >= 15 is 0 Å². The highest BCUT2D eigenvalue weighted by Crippen LogP contribution is 2.09. The summed E-state index contributed by atoms with van der Waals surface area (Å²) in [6.07, 6.45) is 7.26. The van der Waals surface area contributed by atoms with Crippen LogP contribution >= 0.6 is 0 Å². The Balaban J connectivity index is 1.27. The normalized spacial score (nSPS) is 15.6. The molecular weight excluding hydrogens is 366 g/mol. The minimum Gasteiger partial charge on any atom is -0.364 e. The minimum absolute atomic E-state index is 0.754. The van der Waals surface area contributed by atoms with Gasteiger partial charge in [-0.1, -0.05) is 29.4 Å². The Morgan fingerprint density at radius 2 is 2.00 bits per heavy atom. The molecule has 8 nitrogen and oxygen atoms in total. The second-order valence-corrected chi connectivity index (χ2v) is 7.21. The van der Waals surface area contributed by atoms with Crippen molar-refractivity contribution in [3.63, 3.8) is 0 Å². The van der Waals surface area contributed by atoms with E-state index in [1.807, 2.05) is 25.6 Å². The maximum atomic E-state index is 4.92. The van der Waals surface area contributed by atoms with Crippen molar-refractivity contribution in [1.29, 1.82) is 0 Å². The third-order valence-corrected chi connectivity index (χ3v) is 5.13. The van der Waals surface area contributed by atoms with E-state index in [-0.39, 0.29) is 0 Å². The number of hydrogen-bond acceptors (Lipinski definition) is 5. The van der Waals surface area contributed by atoms with Crippen LogP contribution in [0.5, 0.6) is 0 Å². The van der Waals surface area contributed by atoms with Crippen molar-refractivity contribution in [1.82, 2.24) is 29.8 Å². The topological polar surface area (TPSA) is 74.7 Å². The van der Waals surface area contributed by atoms with E-state index in [1.54, 1.807) is 12.5 Å². The standard InChI is InChI=1S/C21H27N7O/c1-22-21(28-10-8-26(9-11-28)16-20-5-12-29-25-20)24-14-18-3-2-4-19(13-18)15-27-7-6-23-17-27/h2-7,12-13,17H,8-11,14-16H2,1H3,(H,22,24). The van der Waals surface area contributed by atoms with Crippen molar-refractivity contribution in [2.24, 2.45) is 4.99 Å². The highest BCUT2D eigenvalue weighted by Gasteiger charge is 2.20. The van der Waals surface area contributed by atoms with Gasteiger partial charge in [0.25, 0.3) is 0 Å². The summed E-state index contributed by atoms with van der Waals surface area (Å²) in [6.45, 7) is 6.26. The molecule has 152 valence electrons. The first-order chi connectivity index (χ1) is 14.3. The van der Waals surface area contributed by atoms with Gasteiger partial charge in [-0.2, -0.15) is 0 Å². The molecule has 1 N–H and O–H groups in total. The fraction of sp³-hybridized carbons (Fsp3) is 0.381. The predicted octanol–water partition coefficient (Wildman–Crippen LogP) is 1.81. The molecule has 1 saturated heterocycles. The van der Waals surface area contributed by atoms with Crippen LogP contribution in [0.3, 0.4) is 0 Å². The van der Waals surface area contributed by atoms with Crippen LogP contribution in [0, 0.1) is 0 Å². The minimum atomic E-state index is 0.754. The zero-order chi connectivity index (χ0) is 19.9. The molecule has 2 aromatic heterocycles. The Morgan fingerprint density at radius 3 is 2.72 bits per heavy atom. The molecule has 3 aromatic rings. The lowest BCUT2D eigenvalue weighted by atomic mass is 10.1. The SMILES string of the molecule is CN=C(NCc1cccc(Cn2ccnc2)c1)N1CCN(Cc2ccon2)CC1. The summed E-state index contributed by atoms with van der Waals surface area (Å²) >= 11 is 0. The second kappa shape index (κ2) is 9.38. The number of imidazole rings is 1. The number of aliphatic imine (C=N–C) groups is 1.